The summed E-state index contributed by atoms with van der Waals surface area (Å²) in [5.74, 6) is -0.742. The van der Waals surface area contributed by atoms with Crippen LogP contribution in [0.2, 0.25) is 0 Å². The number of carboxylic acids is 1. The molecule has 0 aliphatic carbocycles. The number of aliphatic carboxylic acids is 1. The van der Waals surface area contributed by atoms with E-state index < -0.39 is 11.6 Å². The van der Waals surface area contributed by atoms with Gasteiger partial charge in [-0.1, -0.05) is 24.3 Å². The second-order valence-corrected chi connectivity index (χ2v) is 7.04. The van der Waals surface area contributed by atoms with E-state index >= 15 is 0 Å². The number of rotatable bonds is 5. The van der Waals surface area contributed by atoms with E-state index in [1.807, 2.05) is 53.4 Å². The van der Waals surface area contributed by atoms with E-state index in [1.165, 1.54) is 13.8 Å². The smallest absolute Gasteiger partial charge is 0.253 e. The van der Waals surface area contributed by atoms with E-state index in [0.717, 1.165) is 5.69 Å². The maximum atomic E-state index is 12.5. The van der Waals surface area contributed by atoms with Crippen LogP contribution < -0.4 is 14.7 Å². The lowest BCUT2D eigenvalue weighted by atomic mass is 10.1. The van der Waals surface area contributed by atoms with Crippen molar-refractivity contribution in [2.75, 3.05) is 31.1 Å². The standard InChI is InChI=1S/C21H24N2O4/c1-21(2,20(25)26)27-18-10-6-9-17(15-18)22-11-13-23(14-12-22)19(24)16-7-4-3-5-8-16/h3-10,15H,11-14H2,1-2H3,(H,25,26)/p-1. The van der Waals surface area contributed by atoms with Gasteiger partial charge in [-0.25, -0.2) is 0 Å². The van der Waals surface area contributed by atoms with Gasteiger partial charge in [-0.15, -0.1) is 0 Å². The number of ether oxygens (including phenoxy) is 1. The summed E-state index contributed by atoms with van der Waals surface area (Å²) in [6.07, 6.45) is 0. The maximum absolute atomic E-state index is 12.5. The predicted molar refractivity (Wildman–Crippen MR) is 101 cm³/mol. The van der Waals surface area contributed by atoms with E-state index in [-0.39, 0.29) is 5.91 Å². The zero-order valence-corrected chi connectivity index (χ0v) is 15.6. The third kappa shape index (κ3) is 4.39. The highest BCUT2D eigenvalue weighted by Crippen LogP contribution is 2.25. The molecule has 6 heteroatoms. The molecule has 0 aromatic heterocycles. The molecule has 1 saturated heterocycles. The Bertz CT molecular complexity index is 812. The summed E-state index contributed by atoms with van der Waals surface area (Å²) in [5, 5.41) is 11.1. The highest BCUT2D eigenvalue weighted by Gasteiger charge is 2.24. The fraction of sp³-hybridized carbons (Fsp3) is 0.333. The number of amides is 1. The Morgan fingerprint density at radius 2 is 1.63 bits per heavy atom. The largest absolute Gasteiger partial charge is 0.546 e. The fourth-order valence-corrected chi connectivity index (χ4v) is 3.01. The molecule has 1 aliphatic rings. The van der Waals surface area contributed by atoms with Crippen LogP contribution in [0.3, 0.4) is 0 Å². The topological polar surface area (TPSA) is 72.9 Å². The van der Waals surface area contributed by atoms with E-state index in [1.54, 1.807) is 6.07 Å². The van der Waals surface area contributed by atoms with Crippen molar-refractivity contribution >= 4 is 17.6 Å². The third-order valence-electron chi connectivity index (χ3n) is 4.63. The number of anilines is 1. The molecule has 0 bridgehead atoms. The highest BCUT2D eigenvalue weighted by atomic mass is 16.5. The Labute approximate surface area is 159 Å². The molecule has 27 heavy (non-hydrogen) atoms. The van der Waals surface area contributed by atoms with Crippen LogP contribution in [0, 0.1) is 0 Å². The first-order chi connectivity index (χ1) is 12.9. The van der Waals surface area contributed by atoms with Crippen LogP contribution in [0.15, 0.2) is 54.6 Å². The molecule has 2 aromatic carbocycles. The summed E-state index contributed by atoms with van der Waals surface area (Å²) >= 11 is 0. The monoisotopic (exact) mass is 367 g/mol. The van der Waals surface area contributed by atoms with Gasteiger partial charge in [0.1, 0.15) is 11.4 Å². The van der Waals surface area contributed by atoms with Crippen molar-refractivity contribution < 1.29 is 19.4 Å². The van der Waals surface area contributed by atoms with Gasteiger partial charge in [0.05, 0.1) is 5.97 Å². The average Bonchev–Trinajstić information content (AvgIpc) is 2.68. The van der Waals surface area contributed by atoms with Crippen LogP contribution in [0.5, 0.6) is 5.75 Å². The van der Waals surface area contributed by atoms with Crippen LogP contribution in [0.4, 0.5) is 5.69 Å². The Morgan fingerprint density at radius 3 is 2.26 bits per heavy atom. The summed E-state index contributed by atoms with van der Waals surface area (Å²) in [6.45, 7) is 5.58. The number of carboxylic acid groups (broad SMARTS) is 1. The Morgan fingerprint density at radius 1 is 0.963 bits per heavy atom. The lowest BCUT2D eigenvalue weighted by Crippen LogP contribution is -2.49. The zero-order chi connectivity index (χ0) is 19.4. The van der Waals surface area contributed by atoms with Crippen LogP contribution in [-0.2, 0) is 4.79 Å². The summed E-state index contributed by atoms with van der Waals surface area (Å²) in [5.41, 5.74) is 0.235. The zero-order valence-electron chi connectivity index (χ0n) is 15.6. The Kier molecular flexibility index (Phi) is 5.35. The van der Waals surface area contributed by atoms with Crippen molar-refractivity contribution in [2.24, 2.45) is 0 Å². The second-order valence-electron chi connectivity index (χ2n) is 7.04. The normalized spacial score (nSPS) is 14.7. The van der Waals surface area contributed by atoms with E-state index in [0.29, 0.717) is 37.5 Å². The minimum absolute atomic E-state index is 0.0445. The van der Waals surface area contributed by atoms with Crippen LogP contribution in [0.1, 0.15) is 24.2 Å². The van der Waals surface area contributed by atoms with Gasteiger partial charge in [0.25, 0.3) is 5.91 Å². The molecule has 1 amide bonds. The molecule has 0 N–H and O–H groups in total. The van der Waals surface area contributed by atoms with Gasteiger partial charge in [-0.05, 0) is 38.1 Å². The van der Waals surface area contributed by atoms with Crippen molar-refractivity contribution in [1.29, 1.82) is 0 Å². The summed E-state index contributed by atoms with van der Waals surface area (Å²) in [4.78, 5) is 27.7. The molecule has 0 spiro atoms. The lowest BCUT2D eigenvalue weighted by molar-refractivity contribution is -0.320. The SMILES string of the molecule is CC(C)(Oc1cccc(N2CCN(C(=O)c3ccccc3)CC2)c1)C(=O)[O-]. The molecule has 0 radical (unpaired) electrons. The number of hydrogen-bond acceptors (Lipinski definition) is 5. The molecule has 0 atom stereocenters. The van der Waals surface area contributed by atoms with Gasteiger partial charge in [0.2, 0.25) is 0 Å². The average molecular weight is 367 g/mol. The van der Waals surface area contributed by atoms with E-state index in [2.05, 4.69) is 4.90 Å². The second kappa shape index (κ2) is 7.70. The lowest BCUT2D eigenvalue weighted by Gasteiger charge is -2.36. The quantitative estimate of drug-likeness (QED) is 0.802. The first kappa shape index (κ1) is 18.8. The first-order valence-corrected chi connectivity index (χ1v) is 8.96. The summed E-state index contributed by atoms with van der Waals surface area (Å²) < 4.78 is 5.56. The number of carbonyl (C=O) groups is 2. The number of carbonyl (C=O) groups excluding carboxylic acids is 2. The Balaban J connectivity index is 1.64. The fourth-order valence-electron chi connectivity index (χ4n) is 3.01. The highest BCUT2D eigenvalue weighted by molar-refractivity contribution is 5.94. The number of nitrogens with zero attached hydrogens (tertiary/aromatic N) is 2. The molecule has 3 rings (SSSR count). The summed E-state index contributed by atoms with van der Waals surface area (Å²) in [7, 11) is 0. The molecule has 2 aromatic rings. The van der Waals surface area contributed by atoms with Crippen molar-refractivity contribution in [3.8, 4) is 5.75 Å². The molecule has 1 fully saturated rings. The molecular weight excluding hydrogens is 344 g/mol. The Hall–Kier alpha value is -3.02. The van der Waals surface area contributed by atoms with Crippen molar-refractivity contribution in [2.45, 2.75) is 19.4 Å². The molecule has 1 aliphatic heterocycles. The molecule has 0 saturated carbocycles. The van der Waals surface area contributed by atoms with Crippen molar-refractivity contribution in [3.63, 3.8) is 0 Å². The molecule has 6 nitrogen and oxygen atoms in total. The van der Waals surface area contributed by atoms with Crippen molar-refractivity contribution in [3.05, 3.63) is 60.2 Å². The molecule has 142 valence electrons. The number of hydrogen-bond donors (Lipinski definition) is 0. The predicted octanol–water partition coefficient (Wildman–Crippen LogP) is 1.56. The van der Waals surface area contributed by atoms with Crippen LogP contribution >= 0.6 is 0 Å². The molecular formula is C21H23N2O4-. The van der Waals surface area contributed by atoms with Gasteiger partial charge < -0.3 is 24.4 Å². The van der Waals surface area contributed by atoms with Gasteiger partial charge in [0, 0.05) is 43.5 Å². The number of piperazine rings is 1. The van der Waals surface area contributed by atoms with Crippen LogP contribution in [-0.4, -0.2) is 48.6 Å². The first-order valence-electron chi connectivity index (χ1n) is 8.96. The van der Waals surface area contributed by atoms with Crippen LogP contribution in [0.25, 0.3) is 0 Å². The maximum Gasteiger partial charge on any atom is 0.253 e. The number of benzene rings is 2. The molecule has 0 unspecified atom stereocenters. The van der Waals surface area contributed by atoms with Gasteiger partial charge in [-0.2, -0.15) is 0 Å². The third-order valence-corrected chi connectivity index (χ3v) is 4.63. The minimum atomic E-state index is -1.40. The van der Waals surface area contributed by atoms with Crippen molar-refractivity contribution in [1.82, 2.24) is 4.90 Å². The molecule has 1 heterocycles. The van der Waals surface area contributed by atoms with E-state index in [4.69, 9.17) is 4.74 Å². The summed E-state index contributed by atoms with van der Waals surface area (Å²) in [6, 6.07) is 16.6. The van der Waals surface area contributed by atoms with Gasteiger partial charge >= 0.3 is 0 Å². The minimum Gasteiger partial charge on any atom is -0.546 e. The van der Waals surface area contributed by atoms with E-state index in [9.17, 15) is 14.7 Å². The van der Waals surface area contributed by atoms with Gasteiger partial charge in [-0.3, -0.25) is 4.79 Å². The van der Waals surface area contributed by atoms with Gasteiger partial charge in [0.15, 0.2) is 0 Å².